The van der Waals surface area contributed by atoms with E-state index in [9.17, 15) is 20.3 Å². The van der Waals surface area contributed by atoms with Gasteiger partial charge in [-0.1, -0.05) is 30.3 Å². The van der Waals surface area contributed by atoms with E-state index in [4.69, 9.17) is 18.9 Å². The number of fused-ring (bicyclic) bond motifs is 1. The van der Waals surface area contributed by atoms with E-state index in [1.807, 2.05) is 30.3 Å². The summed E-state index contributed by atoms with van der Waals surface area (Å²) in [6, 6.07) is 14.6. The molecule has 0 radical (unpaired) electrons. The molecule has 28 heavy (non-hydrogen) atoms. The summed E-state index contributed by atoms with van der Waals surface area (Å²) in [5.41, 5.74) is 0.713. The lowest BCUT2D eigenvalue weighted by Gasteiger charge is -2.46. The van der Waals surface area contributed by atoms with Crippen LogP contribution < -0.4 is 4.74 Å². The minimum Gasteiger partial charge on any atom is -0.462 e. The van der Waals surface area contributed by atoms with Crippen molar-refractivity contribution in [1.82, 2.24) is 0 Å². The van der Waals surface area contributed by atoms with E-state index in [0.717, 1.165) is 5.56 Å². The first-order valence-electron chi connectivity index (χ1n) is 8.77. The van der Waals surface area contributed by atoms with Crippen molar-refractivity contribution in [2.24, 2.45) is 0 Å². The van der Waals surface area contributed by atoms with Crippen LogP contribution in [0.2, 0.25) is 0 Å². The summed E-state index contributed by atoms with van der Waals surface area (Å²) in [6.07, 6.45) is -5.88. The van der Waals surface area contributed by atoms with Gasteiger partial charge in [0, 0.05) is 17.7 Å². The largest absolute Gasteiger partial charge is 0.462 e. The molecule has 148 valence electrons. The van der Waals surface area contributed by atoms with Gasteiger partial charge in [-0.3, -0.25) is 10.1 Å². The molecule has 0 spiro atoms. The molecule has 0 amide bonds. The number of hydrogen-bond acceptors (Lipinski definition) is 8. The minimum absolute atomic E-state index is 0.0846. The van der Waals surface area contributed by atoms with Gasteiger partial charge in [0.05, 0.1) is 11.5 Å². The molecule has 9 heteroatoms. The van der Waals surface area contributed by atoms with Crippen molar-refractivity contribution in [1.29, 1.82) is 0 Å². The van der Waals surface area contributed by atoms with E-state index >= 15 is 0 Å². The van der Waals surface area contributed by atoms with Crippen molar-refractivity contribution in [3.63, 3.8) is 0 Å². The summed E-state index contributed by atoms with van der Waals surface area (Å²) in [4.78, 5) is 10.2. The number of aliphatic hydroxyl groups is 2. The molecule has 2 fully saturated rings. The van der Waals surface area contributed by atoms with Gasteiger partial charge < -0.3 is 29.2 Å². The molecule has 0 saturated carbocycles. The normalized spacial score (nSPS) is 32.4. The van der Waals surface area contributed by atoms with Gasteiger partial charge in [-0.05, 0) is 12.1 Å². The van der Waals surface area contributed by atoms with Crippen molar-refractivity contribution >= 4 is 5.69 Å². The van der Waals surface area contributed by atoms with E-state index in [1.165, 1.54) is 24.3 Å². The number of non-ortho nitro benzene ring substituents is 1. The molecule has 2 aromatic rings. The Bertz CT molecular complexity index is 812. The SMILES string of the molecule is O=[N+]([O-])c1ccc(O[C@H]2O[C@H]3CO[C@H](c4ccccc4)O[C@@H]3[C@@H](O)[C@@H]2O)cc1. The van der Waals surface area contributed by atoms with Crippen LogP contribution >= 0.6 is 0 Å². The number of hydrogen-bond donors (Lipinski definition) is 2. The summed E-state index contributed by atoms with van der Waals surface area (Å²) in [7, 11) is 0. The van der Waals surface area contributed by atoms with Gasteiger partial charge in [-0.15, -0.1) is 0 Å². The van der Waals surface area contributed by atoms with Crippen LogP contribution in [-0.4, -0.2) is 52.4 Å². The van der Waals surface area contributed by atoms with Crippen LogP contribution in [0.25, 0.3) is 0 Å². The Morgan fingerprint density at radius 3 is 2.39 bits per heavy atom. The van der Waals surface area contributed by atoms with E-state index in [-0.39, 0.29) is 18.0 Å². The average Bonchev–Trinajstić information content (AvgIpc) is 2.72. The van der Waals surface area contributed by atoms with Crippen LogP contribution in [0.4, 0.5) is 5.69 Å². The highest BCUT2D eigenvalue weighted by Crippen LogP contribution is 2.34. The molecule has 4 rings (SSSR count). The van der Waals surface area contributed by atoms with Gasteiger partial charge in [-0.25, -0.2) is 0 Å². The first-order valence-corrected chi connectivity index (χ1v) is 8.77. The standard InChI is InChI=1S/C19H19NO8/c21-15-16(22)19(26-13-8-6-12(7-9-13)20(23)24)27-14-10-25-18(28-17(14)15)11-4-2-1-3-5-11/h1-9,14-19,21-22H,10H2/t14-,15-,16-,17-,18-,19-/m0/s1. The van der Waals surface area contributed by atoms with Gasteiger partial charge in [-0.2, -0.15) is 0 Å². The molecule has 0 aromatic heterocycles. The van der Waals surface area contributed by atoms with Crippen molar-refractivity contribution in [3.8, 4) is 5.75 Å². The zero-order valence-corrected chi connectivity index (χ0v) is 14.7. The Balaban J connectivity index is 1.43. The van der Waals surface area contributed by atoms with E-state index in [2.05, 4.69) is 0 Å². The highest BCUT2D eigenvalue weighted by molar-refractivity contribution is 5.36. The first kappa shape index (κ1) is 18.8. The summed E-state index contributed by atoms with van der Waals surface area (Å²) < 4.78 is 22.8. The van der Waals surface area contributed by atoms with Crippen LogP contribution in [-0.2, 0) is 14.2 Å². The molecule has 6 atom stereocenters. The Kier molecular flexibility index (Phi) is 5.25. The van der Waals surface area contributed by atoms with Gasteiger partial charge in [0.25, 0.3) is 5.69 Å². The van der Waals surface area contributed by atoms with E-state index in [0.29, 0.717) is 0 Å². The molecule has 2 aliphatic heterocycles. The third-order valence-electron chi connectivity index (χ3n) is 4.70. The van der Waals surface area contributed by atoms with Crippen LogP contribution in [0.1, 0.15) is 11.9 Å². The molecule has 0 bridgehead atoms. The molecular formula is C19H19NO8. The maximum Gasteiger partial charge on any atom is 0.269 e. The number of nitrogens with zero attached hydrogens (tertiary/aromatic N) is 1. The zero-order chi connectivity index (χ0) is 19.7. The number of nitro groups is 1. The highest BCUT2D eigenvalue weighted by atomic mass is 16.8. The lowest BCUT2D eigenvalue weighted by atomic mass is 9.98. The zero-order valence-electron chi connectivity index (χ0n) is 14.7. The Morgan fingerprint density at radius 2 is 1.71 bits per heavy atom. The van der Waals surface area contributed by atoms with Gasteiger partial charge in [0.1, 0.15) is 30.2 Å². The fourth-order valence-electron chi connectivity index (χ4n) is 3.23. The summed E-state index contributed by atoms with van der Waals surface area (Å²) in [5, 5.41) is 31.7. The molecule has 0 aliphatic carbocycles. The minimum atomic E-state index is -1.37. The fourth-order valence-corrected chi connectivity index (χ4v) is 3.23. The number of aliphatic hydroxyl groups excluding tert-OH is 2. The van der Waals surface area contributed by atoms with Crippen LogP contribution in [0.5, 0.6) is 5.75 Å². The topological polar surface area (TPSA) is 121 Å². The lowest BCUT2D eigenvalue weighted by molar-refractivity contribution is -0.384. The van der Waals surface area contributed by atoms with Crippen LogP contribution in [0.3, 0.4) is 0 Å². The van der Waals surface area contributed by atoms with Crippen molar-refractivity contribution < 1.29 is 34.1 Å². The van der Waals surface area contributed by atoms with Crippen molar-refractivity contribution in [3.05, 3.63) is 70.3 Å². The third-order valence-corrected chi connectivity index (χ3v) is 4.70. The summed E-state index contributed by atoms with van der Waals surface area (Å²) in [5.74, 6) is 0.264. The lowest BCUT2D eigenvalue weighted by Crippen LogP contribution is -2.62. The number of ether oxygens (including phenoxy) is 4. The Morgan fingerprint density at radius 1 is 1.00 bits per heavy atom. The number of nitro benzene ring substituents is 1. The molecule has 2 aliphatic rings. The molecule has 2 saturated heterocycles. The molecule has 0 unspecified atom stereocenters. The maximum atomic E-state index is 10.7. The van der Waals surface area contributed by atoms with Crippen LogP contribution in [0, 0.1) is 10.1 Å². The second kappa shape index (κ2) is 7.82. The average molecular weight is 389 g/mol. The second-order valence-corrected chi connectivity index (χ2v) is 6.57. The Hall–Kier alpha value is -2.56. The van der Waals surface area contributed by atoms with Gasteiger partial charge >= 0.3 is 0 Å². The third kappa shape index (κ3) is 3.71. The molecular weight excluding hydrogens is 370 g/mol. The van der Waals surface area contributed by atoms with Gasteiger partial charge in [0.2, 0.25) is 6.29 Å². The first-order chi connectivity index (χ1) is 13.5. The summed E-state index contributed by atoms with van der Waals surface area (Å²) in [6.45, 7) is 0.147. The number of benzene rings is 2. The predicted molar refractivity (Wildman–Crippen MR) is 94.4 cm³/mol. The monoisotopic (exact) mass is 389 g/mol. The quantitative estimate of drug-likeness (QED) is 0.597. The fraction of sp³-hybridized carbons (Fsp3) is 0.368. The predicted octanol–water partition coefficient (Wildman–Crippen LogP) is 1.53. The molecule has 2 aromatic carbocycles. The van der Waals surface area contributed by atoms with Crippen molar-refractivity contribution in [2.45, 2.75) is 37.0 Å². The molecule has 2 N–H and O–H groups in total. The molecule has 9 nitrogen and oxygen atoms in total. The van der Waals surface area contributed by atoms with E-state index < -0.39 is 41.9 Å². The van der Waals surface area contributed by atoms with Crippen LogP contribution in [0.15, 0.2) is 54.6 Å². The number of rotatable bonds is 4. The van der Waals surface area contributed by atoms with Gasteiger partial charge in [0.15, 0.2) is 6.29 Å². The smallest absolute Gasteiger partial charge is 0.269 e. The van der Waals surface area contributed by atoms with E-state index in [1.54, 1.807) is 0 Å². The van der Waals surface area contributed by atoms with Crippen molar-refractivity contribution in [2.75, 3.05) is 6.61 Å². The second-order valence-electron chi connectivity index (χ2n) is 6.57. The Labute approximate surface area is 160 Å². The molecule has 2 heterocycles. The highest BCUT2D eigenvalue weighted by Gasteiger charge is 2.49. The maximum absolute atomic E-state index is 10.7. The summed E-state index contributed by atoms with van der Waals surface area (Å²) >= 11 is 0.